The van der Waals surface area contributed by atoms with Gasteiger partial charge in [-0.15, -0.1) is 0 Å². The summed E-state index contributed by atoms with van der Waals surface area (Å²) < 4.78 is 82.4. The third kappa shape index (κ3) is 5.19. The Hall–Kier alpha value is -2.89. The monoisotopic (exact) mass is 562 g/mol. The van der Waals surface area contributed by atoms with Gasteiger partial charge in [0.2, 0.25) is 5.92 Å². The normalized spacial score (nSPS) is 21.2. The minimum atomic E-state index is -4.48. The molecule has 1 N–H and O–H groups in total. The Morgan fingerprint density at radius 2 is 1.61 bits per heavy atom. The van der Waals surface area contributed by atoms with Gasteiger partial charge >= 0.3 is 6.18 Å². The Morgan fingerprint density at radius 3 is 2.08 bits per heavy atom. The fraction of sp³-hybridized carbons (Fsp3) is 0.520. The molecule has 6 nitrogen and oxygen atoms in total. The predicted octanol–water partition coefficient (Wildman–Crippen LogP) is 5.55. The lowest BCUT2D eigenvalue weighted by atomic mass is 9.87. The molecule has 0 radical (unpaired) electrons. The second kappa shape index (κ2) is 10.0. The van der Waals surface area contributed by atoms with Crippen LogP contribution in [0, 0.1) is 0 Å². The van der Waals surface area contributed by atoms with E-state index in [0.29, 0.717) is 0 Å². The molecule has 13 heteroatoms. The molecule has 1 aromatic carbocycles. The van der Waals surface area contributed by atoms with Gasteiger partial charge in [-0.05, 0) is 50.3 Å². The molecule has 0 aliphatic heterocycles. The summed E-state index contributed by atoms with van der Waals surface area (Å²) in [5, 5.41) is 2.67. The molecule has 2 aliphatic carbocycles. The van der Waals surface area contributed by atoms with Crippen LogP contribution in [0.1, 0.15) is 56.6 Å². The van der Waals surface area contributed by atoms with E-state index in [-0.39, 0.29) is 42.5 Å². The highest BCUT2D eigenvalue weighted by Crippen LogP contribution is 2.59. The number of hydrogen-bond acceptors (Lipinski definition) is 4. The molecule has 38 heavy (non-hydrogen) atoms. The van der Waals surface area contributed by atoms with Crippen LogP contribution in [0.25, 0.3) is 0 Å². The van der Waals surface area contributed by atoms with Crippen LogP contribution in [0.2, 0.25) is 0 Å². The Labute approximate surface area is 219 Å². The molecule has 1 aromatic heterocycles. The number of hydrogen-bond donors (Lipinski definition) is 1. The first-order valence-corrected chi connectivity index (χ1v) is 12.4. The van der Waals surface area contributed by atoms with Gasteiger partial charge in [0, 0.05) is 42.5 Å². The summed E-state index contributed by atoms with van der Waals surface area (Å²) in [6, 6.07) is 4.09. The number of aromatic nitrogens is 2. The molecule has 0 spiro atoms. The van der Waals surface area contributed by atoms with E-state index < -0.39 is 59.4 Å². The fourth-order valence-corrected chi connectivity index (χ4v) is 5.01. The van der Waals surface area contributed by atoms with E-state index in [2.05, 4.69) is 15.3 Å². The van der Waals surface area contributed by atoms with Crippen molar-refractivity contribution in [3.8, 4) is 0 Å². The zero-order chi connectivity index (χ0) is 27.9. The van der Waals surface area contributed by atoms with E-state index in [9.17, 15) is 35.9 Å². The maximum absolute atomic E-state index is 14.3. The van der Waals surface area contributed by atoms with Crippen LogP contribution in [0.15, 0.2) is 43.0 Å². The highest BCUT2D eigenvalue weighted by Gasteiger charge is 2.64. The maximum atomic E-state index is 14.3. The van der Waals surface area contributed by atoms with Crippen LogP contribution in [0.4, 0.5) is 32.0 Å². The van der Waals surface area contributed by atoms with Crippen molar-refractivity contribution in [2.75, 3.05) is 4.90 Å². The van der Waals surface area contributed by atoms with E-state index in [1.165, 1.54) is 43.6 Å². The third-order valence-electron chi connectivity index (χ3n) is 7.44. The summed E-state index contributed by atoms with van der Waals surface area (Å²) in [5.74, 6) is -5.05. The van der Waals surface area contributed by atoms with Crippen LogP contribution >= 0.6 is 11.6 Å². The summed E-state index contributed by atoms with van der Waals surface area (Å²) in [5.41, 5.74) is -6.72. The molecule has 206 valence electrons. The number of carbonyl (C=O) groups excluding carboxylic acids is 2. The molecule has 0 bridgehead atoms. The largest absolute Gasteiger partial charge is 0.398 e. The van der Waals surface area contributed by atoms with Crippen molar-refractivity contribution in [1.29, 1.82) is 0 Å². The van der Waals surface area contributed by atoms with Crippen molar-refractivity contribution < 1.29 is 35.9 Å². The number of alkyl halides is 7. The molecule has 4 rings (SSSR count). The summed E-state index contributed by atoms with van der Waals surface area (Å²) in [6.45, 7) is 1.28. The van der Waals surface area contributed by atoms with Crippen LogP contribution in [0.3, 0.4) is 0 Å². The standard InChI is InChI=1S/C25H25ClF6N4O2/c1-22(16-12-33-14-34-13-16,21(38)35-17-6-8-24(28,29)9-7-17)36(20(37)19(26)27)18-4-2-15(3-5-18)23(10-11-23)25(30,31)32/h2-5,12-14,17,19H,6-11H2,1H3,(H,35,38)/t19-,22-/m0/s1. The van der Waals surface area contributed by atoms with Crippen molar-refractivity contribution in [2.45, 2.75) is 80.2 Å². The minimum Gasteiger partial charge on any atom is -0.351 e. The van der Waals surface area contributed by atoms with Gasteiger partial charge in [-0.25, -0.2) is 23.1 Å². The summed E-state index contributed by atoms with van der Waals surface area (Å²) in [7, 11) is 0. The van der Waals surface area contributed by atoms with Crippen molar-refractivity contribution in [1.82, 2.24) is 15.3 Å². The molecule has 2 amide bonds. The first kappa shape index (κ1) is 28.1. The lowest BCUT2D eigenvalue weighted by Gasteiger charge is -2.41. The van der Waals surface area contributed by atoms with Gasteiger partial charge in [-0.1, -0.05) is 23.7 Å². The lowest BCUT2D eigenvalue weighted by molar-refractivity contribution is -0.160. The molecule has 2 aromatic rings. The minimum absolute atomic E-state index is 0.0243. The molecule has 2 atom stereocenters. The second-order valence-electron chi connectivity index (χ2n) is 9.90. The van der Waals surface area contributed by atoms with Crippen LogP contribution in [0.5, 0.6) is 0 Å². The van der Waals surface area contributed by atoms with Gasteiger partial charge < -0.3 is 5.32 Å². The third-order valence-corrected chi connectivity index (χ3v) is 7.63. The number of amides is 2. The number of nitrogens with one attached hydrogen (secondary N) is 1. The van der Waals surface area contributed by atoms with Crippen LogP contribution < -0.4 is 10.2 Å². The average molecular weight is 563 g/mol. The Kier molecular flexibility index (Phi) is 7.41. The quantitative estimate of drug-likeness (QED) is 0.355. The fourth-order valence-electron chi connectivity index (χ4n) is 4.92. The molecule has 0 saturated heterocycles. The SMILES string of the molecule is C[C@@](C(=O)NC1CCC(F)(F)CC1)(c1cncnc1)N(C(=O)[C@H](F)Cl)c1ccc(C2(C(F)(F)F)CC2)cc1. The Morgan fingerprint density at radius 1 is 1.05 bits per heavy atom. The van der Waals surface area contributed by atoms with Crippen molar-refractivity contribution in [3.05, 3.63) is 54.1 Å². The van der Waals surface area contributed by atoms with Crippen LogP contribution in [-0.2, 0) is 20.5 Å². The molecule has 2 fully saturated rings. The molecular weight excluding hydrogens is 538 g/mol. The summed E-state index contributed by atoms with van der Waals surface area (Å²) in [6.07, 6.45) is -1.98. The first-order chi connectivity index (χ1) is 17.7. The van der Waals surface area contributed by atoms with Gasteiger partial charge in [0.15, 0.2) is 5.54 Å². The highest BCUT2D eigenvalue weighted by molar-refractivity contribution is 6.32. The van der Waals surface area contributed by atoms with E-state index in [0.717, 1.165) is 11.2 Å². The second-order valence-corrected chi connectivity index (χ2v) is 10.3. The lowest BCUT2D eigenvalue weighted by Crippen LogP contribution is -2.60. The number of halogens is 7. The first-order valence-electron chi connectivity index (χ1n) is 11.9. The van der Waals surface area contributed by atoms with Crippen molar-refractivity contribution in [3.63, 3.8) is 0 Å². The molecular formula is C25H25ClF6N4O2. The predicted molar refractivity (Wildman–Crippen MR) is 126 cm³/mol. The van der Waals surface area contributed by atoms with Gasteiger partial charge in [0.1, 0.15) is 6.33 Å². The number of anilines is 1. The molecule has 2 saturated carbocycles. The number of benzene rings is 1. The topological polar surface area (TPSA) is 75.2 Å². The van der Waals surface area contributed by atoms with Gasteiger partial charge in [-0.3, -0.25) is 14.5 Å². The van der Waals surface area contributed by atoms with Gasteiger partial charge in [0.05, 0.1) is 5.41 Å². The smallest absolute Gasteiger partial charge is 0.351 e. The molecule has 1 heterocycles. The molecule has 2 aliphatic rings. The zero-order valence-electron chi connectivity index (χ0n) is 20.2. The van der Waals surface area contributed by atoms with Crippen LogP contribution in [-0.4, -0.2) is 45.6 Å². The van der Waals surface area contributed by atoms with E-state index >= 15 is 0 Å². The number of carbonyl (C=O) groups is 2. The Bertz CT molecular complexity index is 1160. The molecule has 0 unspecified atom stereocenters. The zero-order valence-corrected chi connectivity index (χ0v) is 21.0. The van der Waals surface area contributed by atoms with E-state index in [4.69, 9.17) is 11.6 Å². The van der Waals surface area contributed by atoms with Gasteiger partial charge in [-0.2, -0.15) is 13.2 Å². The van der Waals surface area contributed by atoms with E-state index in [1.807, 2.05) is 0 Å². The number of nitrogens with zero attached hydrogens (tertiary/aromatic N) is 3. The summed E-state index contributed by atoms with van der Waals surface area (Å²) >= 11 is 5.52. The van der Waals surface area contributed by atoms with Gasteiger partial charge in [0.25, 0.3) is 17.4 Å². The maximum Gasteiger partial charge on any atom is 0.398 e. The highest BCUT2D eigenvalue weighted by atomic mass is 35.5. The van der Waals surface area contributed by atoms with Crippen molar-refractivity contribution in [2.24, 2.45) is 0 Å². The number of rotatable bonds is 7. The average Bonchev–Trinajstić information content (AvgIpc) is 3.68. The van der Waals surface area contributed by atoms with E-state index in [1.54, 1.807) is 0 Å². The van der Waals surface area contributed by atoms with Crippen molar-refractivity contribution >= 4 is 29.1 Å². The summed E-state index contributed by atoms with van der Waals surface area (Å²) in [4.78, 5) is 35.4. The Balaban J connectivity index is 1.75.